The van der Waals surface area contributed by atoms with Crippen molar-refractivity contribution in [3.05, 3.63) is 104 Å². The normalized spacial score (nSPS) is 14.0. The zero-order valence-electron chi connectivity index (χ0n) is 22.2. The van der Waals surface area contributed by atoms with E-state index in [4.69, 9.17) is 25.5 Å². The van der Waals surface area contributed by atoms with Crippen LogP contribution in [0.3, 0.4) is 0 Å². The Hall–Kier alpha value is -4.44. The van der Waals surface area contributed by atoms with Crippen LogP contribution in [0.15, 0.2) is 81.6 Å². The van der Waals surface area contributed by atoms with E-state index >= 15 is 0 Å². The molecule has 9 nitrogen and oxygen atoms in total. The van der Waals surface area contributed by atoms with Gasteiger partial charge in [0.15, 0.2) is 0 Å². The molecule has 2 aromatic carbocycles. The number of furan rings is 1. The topological polar surface area (TPSA) is 112 Å². The van der Waals surface area contributed by atoms with E-state index in [-0.39, 0.29) is 46.5 Å². The third-order valence-electron chi connectivity index (χ3n) is 6.45. The van der Waals surface area contributed by atoms with Crippen molar-refractivity contribution < 1.29 is 32.8 Å². The number of rotatable bonds is 8. The van der Waals surface area contributed by atoms with Gasteiger partial charge in [-0.3, -0.25) is 10.1 Å². The molecule has 0 atom stereocenters. The minimum absolute atomic E-state index is 0.0444. The number of carbonyl (C=O) groups excluding carboxylic acids is 2. The number of para-hydroxylation sites is 2. The van der Waals surface area contributed by atoms with Crippen LogP contribution in [-0.2, 0) is 19.1 Å². The van der Waals surface area contributed by atoms with E-state index in [9.17, 15) is 24.1 Å². The van der Waals surface area contributed by atoms with Crippen LogP contribution in [0.4, 0.5) is 15.8 Å². The van der Waals surface area contributed by atoms with Gasteiger partial charge >= 0.3 is 11.9 Å². The van der Waals surface area contributed by atoms with E-state index in [1.807, 2.05) is 0 Å². The van der Waals surface area contributed by atoms with Crippen LogP contribution in [0, 0.1) is 15.9 Å². The van der Waals surface area contributed by atoms with Crippen LogP contribution < -0.4 is 4.90 Å². The summed E-state index contributed by atoms with van der Waals surface area (Å²) in [5.41, 5.74) is 1.13. The molecular weight excluding hydrogens is 543 g/mol. The standard InChI is InChI=1S/C29H26ClFN2O7/c1-5-38-28(34)25-16(3)32(21-9-7-8-10-22(21)33(36)37)17(4)26(29(35)39-6-2)27(25)24-14-13-23(40-24)18-11-12-20(31)19(30)15-18/h7-15,27H,5-6H2,1-4H3. The van der Waals surface area contributed by atoms with Gasteiger partial charge in [0.05, 0.1) is 40.2 Å². The number of anilines is 1. The van der Waals surface area contributed by atoms with E-state index < -0.39 is 28.6 Å². The Morgan fingerprint density at radius 1 is 1.00 bits per heavy atom. The highest BCUT2D eigenvalue weighted by atomic mass is 35.5. The summed E-state index contributed by atoms with van der Waals surface area (Å²) in [6.45, 7) is 6.60. The first-order valence-electron chi connectivity index (χ1n) is 12.4. The molecule has 40 heavy (non-hydrogen) atoms. The predicted octanol–water partition coefficient (Wildman–Crippen LogP) is 6.93. The maximum Gasteiger partial charge on any atom is 0.336 e. The molecule has 208 valence electrons. The van der Waals surface area contributed by atoms with E-state index in [2.05, 4.69) is 0 Å². The number of halogens is 2. The largest absolute Gasteiger partial charge is 0.463 e. The molecule has 0 N–H and O–H groups in total. The Morgan fingerprint density at radius 2 is 1.60 bits per heavy atom. The number of nitro groups is 1. The average molecular weight is 569 g/mol. The lowest BCUT2D eigenvalue weighted by molar-refractivity contribution is -0.384. The second-order valence-electron chi connectivity index (χ2n) is 8.78. The molecule has 11 heteroatoms. The molecular formula is C29H26ClFN2O7. The average Bonchev–Trinajstić information content (AvgIpc) is 3.40. The SMILES string of the molecule is CCOC(=O)C1=C(C)N(c2ccccc2[N+](=O)[O-])C(C)=C(C(=O)OCC)C1c1ccc(-c2ccc(F)c(Cl)c2)o1. The third kappa shape index (κ3) is 5.22. The van der Waals surface area contributed by atoms with Crippen molar-refractivity contribution >= 4 is 34.9 Å². The van der Waals surface area contributed by atoms with Gasteiger partial charge in [0.1, 0.15) is 23.0 Å². The summed E-state index contributed by atoms with van der Waals surface area (Å²) < 4.78 is 30.6. The monoisotopic (exact) mass is 568 g/mol. The molecule has 0 radical (unpaired) electrons. The maximum atomic E-state index is 13.8. The molecule has 2 heterocycles. The highest BCUT2D eigenvalue weighted by molar-refractivity contribution is 6.31. The Morgan fingerprint density at radius 3 is 2.15 bits per heavy atom. The molecule has 1 aliphatic heterocycles. The van der Waals surface area contributed by atoms with Crippen LogP contribution >= 0.6 is 11.6 Å². The molecule has 0 fully saturated rings. The molecule has 1 aliphatic rings. The number of esters is 2. The molecule has 0 saturated carbocycles. The Balaban J connectivity index is 1.98. The van der Waals surface area contributed by atoms with E-state index in [0.717, 1.165) is 0 Å². The van der Waals surface area contributed by atoms with Gasteiger partial charge in [0, 0.05) is 23.0 Å². The fourth-order valence-corrected chi connectivity index (χ4v) is 4.95. The molecule has 0 unspecified atom stereocenters. The quantitative estimate of drug-likeness (QED) is 0.163. The van der Waals surface area contributed by atoms with Crippen LogP contribution in [0.2, 0.25) is 5.02 Å². The summed E-state index contributed by atoms with van der Waals surface area (Å²) in [6, 6.07) is 13.3. The molecule has 0 amide bonds. The molecule has 3 aromatic rings. The van der Waals surface area contributed by atoms with Gasteiger partial charge in [-0.25, -0.2) is 14.0 Å². The highest BCUT2D eigenvalue weighted by Crippen LogP contribution is 2.47. The Bertz CT molecular complexity index is 1520. The second kappa shape index (κ2) is 11.7. The van der Waals surface area contributed by atoms with Crippen LogP contribution in [0.1, 0.15) is 39.4 Å². The fraction of sp³-hybridized carbons (Fsp3) is 0.241. The van der Waals surface area contributed by atoms with Crippen LogP contribution in [0.25, 0.3) is 11.3 Å². The molecule has 0 spiro atoms. The lowest BCUT2D eigenvalue weighted by Crippen LogP contribution is -2.35. The lowest BCUT2D eigenvalue weighted by atomic mass is 9.82. The lowest BCUT2D eigenvalue weighted by Gasteiger charge is -2.36. The molecule has 0 aliphatic carbocycles. The first-order chi connectivity index (χ1) is 19.1. The van der Waals surface area contributed by atoms with Gasteiger partial charge in [-0.2, -0.15) is 0 Å². The Labute approximate surface area is 234 Å². The van der Waals surface area contributed by atoms with Crippen molar-refractivity contribution in [2.45, 2.75) is 33.6 Å². The van der Waals surface area contributed by atoms with Crippen molar-refractivity contribution in [2.75, 3.05) is 18.1 Å². The first-order valence-corrected chi connectivity index (χ1v) is 12.8. The molecule has 0 bridgehead atoms. The Kier molecular flexibility index (Phi) is 8.39. The summed E-state index contributed by atoms with van der Waals surface area (Å²) in [5.74, 6) is -2.59. The van der Waals surface area contributed by atoms with Crippen molar-refractivity contribution in [3.8, 4) is 11.3 Å². The van der Waals surface area contributed by atoms with E-state index in [1.54, 1.807) is 45.9 Å². The van der Waals surface area contributed by atoms with Crippen molar-refractivity contribution in [3.63, 3.8) is 0 Å². The van der Waals surface area contributed by atoms with Crippen LogP contribution in [0.5, 0.6) is 0 Å². The second-order valence-corrected chi connectivity index (χ2v) is 9.19. The fourth-order valence-electron chi connectivity index (χ4n) is 4.77. The van der Waals surface area contributed by atoms with E-state index in [1.165, 1.54) is 41.3 Å². The van der Waals surface area contributed by atoms with Crippen molar-refractivity contribution in [1.29, 1.82) is 0 Å². The van der Waals surface area contributed by atoms with Crippen molar-refractivity contribution in [1.82, 2.24) is 0 Å². The summed E-state index contributed by atoms with van der Waals surface area (Å²) in [6.07, 6.45) is 0. The molecule has 0 saturated heterocycles. The highest BCUT2D eigenvalue weighted by Gasteiger charge is 2.43. The number of hydrogen-bond donors (Lipinski definition) is 0. The van der Waals surface area contributed by atoms with Crippen LogP contribution in [-0.4, -0.2) is 30.1 Å². The first kappa shape index (κ1) is 28.6. The predicted molar refractivity (Wildman–Crippen MR) is 146 cm³/mol. The zero-order chi connectivity index (χ0) is 29.1. The number of hydrogen-bond acceptors (Lipinski definition) is 8. The van der Waals surface area contributed by atoms with Gasteiger partial charge in [-0.05, 0) is 64.1 Å². The number of nitrogens with zero attached hydrogens (tertiary/aromatic N) is 2. The van der Waals surface area contributed by atoms with Crippen molar-refractivity contribution in [2.24, 2.45) is 0 Å². The smallest absolute Gasteiger partial charge is 0.336 e. The summed E-state index contributed by atoms with van der Waals surface area (Å²) in [7, 11) is 0. The summed E-state index contributed by atoms with van der Waals surface area (Å²) in [4.78, 5) is 39.8. The number of nitro benzene ring substituents is 1. The molecule has 1 aromatic heterocycles. The number of allylic oxidation sites excluding steroid dienone is 2. The third-order valence-corrected chi connectivity index (χ3v) is 6.74. The van der Waals surface area contributed by atoms with Gasteiger partial charge in [0.2, 0.25) is 0 Å². The maximum absolute atomic E-state index is 13.8. The summed E-state index contributed by atoms with van der Waals surface area (Å²) >= 11 is 5.96. The number of ether oxygens (including phenoxy) is 2. The molecule has 4 rings (SSSR count). The van der Waals surface area contributed by atoms with Gasteiger partial charge in [-0.1, -0.05) is 23.7 Å². The number of carbonyl (C=O) groups is 2. The minimum Gasteiger partial charge on any atom is -0.463 e. The van der Waals surface area contributed by atoms with E-state index in [0.29, 0.717) is 22.7 Å². The summed E-state index contributed by atoms with van der Waals surface area (Å²) in [5, 5.41) is 11.8. The van der Waals surface area contributed by atoms with Gasteiger partial charge in [-0.15, -0.1) is 0 Å². The number of benzene rings is 2. The zero-order valence-corrected chi connectivity index (χ0v) is 23.0. The minimum atomic E-state index is -1.07. The van der Waals surface area contributed by atoms with Gasteiger partial charge in [0.25, 0.3) is 5.69 Å². The van der Waals surface area contributed by atoms with Gasteiger partial charge < -0.3 is 18.8 Å².